The first-order valence-corrected chi connectivity index (χ1v) is 7.02. The molecule has 0 aliphatic carbocycles. The Morgan fingerprint density at radius 2 is 2.30 bits per heavy atom. The molecule has 0 atom stereocenters. The van der Waals surface area contributed by atoms with Gasteiger partial charge in [-0.05, 0) is 18.2 Å². The highest BCUT2D eigenvalue weighted by atomic mass is 35.5. The van der Waals surface area contributed by atoms with E-state index < -0.39 is 12.6 Å². The fraction of sp³-hybridized carbons (Fsp3) is 0.143. The van der Waals surface area contributed by atoms with E-state index >= 15 is 0 Å². The second kappa shape index (κ2) is 6.49. The van der Waals surface area contributed by atoms with Gasteiger partial charge in [0.05, 0.1) is 6.20 Å². The highest BCUT2D eigenvalue weighted by Crippen LogP contribution is 2.31. The van der Waals surface area contributed by atoms with E-state index in [4.69, 9.17) is 21.4 Å². The van der Waals surface area contributed by atoms with E-state index in [2.05, 4.69) is 20.3 Å². The Morgan fingerprint density at radius 1 is 1.43 bits per heavy atom. The van der Waals surface area contributed by atoms with Gasteiger partial charge in [-0.2, -0.15) is 0 Å². The molecule has 0 aliphatic rings. The predicted molar refractivity (Wildman–Crippen MR) is 81.3 cm³/mol. The SMILES string of the molecule is O=C(O)COc1ccc(Cl)cc1-c1cn(Cc2ncc[nH]2)nn1. The lowest BCUT2D eigenvalue weighted by atomic mass is 10.1. The van der Waals surface area contributed by atoms with Crippen molar-refractivity contribution in [1.29, 1.82) is 0 Å². The monoisotopic (exact) mass is 333 g/mol. The average molecular weight is 334 g/mol. The number of rotatable bonds is 6. The summed E-state index contributed by atoms with van der Waals surface area (Å²) in [4.78, 5) is 17.8. The van der Waals surface area contributed by atoms with E-state index in [1.807, 2.05) is 0 Å². The Kier molecular flexibility index (Phi) is 4.24. The summed E-state index contributed by atoms with van der Waals surface area (Å²) < 4.78 is 6.88. The number of aromatic nitrogens is 5. The van der Waals surface area contributed by atoms with Crippen molar-refractivity contribution in [2.24, 2.45) is 0 Å². The Morgan fingerprint density at radius 3 is 3.04 bits per heavy atom. The molecule has 3 aromatic rings. The van der Waals surface area contributed by atoms with Gasteiger partial charge >= 0.3 is 5.97 Å². The lowest BCUT2D eigenvalue weighted by Crippen LogP contribution is -2.10. The van der Waals surface area contributed by atoms with Gasteiger partial charge in [-0.15, -0.1) is 5.10 Å². The molecule has 1 aromatic carbocycles. The molecule has 0 amide bonds. The topological polar surface area (TPSA) is 106 Å². The molecule has 0 radical (unpaired) electrons. The first-order chi connectivity index (χ1) is 11.1. The molecule has 8 nitrogen and oxygen atoms in total. The van der Waals surface area contributed by atoms with Gasteiger partial charge in [-0.1, -0.05) is 16.8 Å². The molecule has 0 aliphatic heterocycles. The van der Waals surface area contributed by atoms with E-state index in [-0.39, 0.29) is 0 Å². The van der Waals surface area contributed by atoms with Crippen molar-refractivity contribution < 1.29 is 14.6 Å². The van der Waals surface area contributed by atoms with Crippen LogP contribution < -0.4 is 4.74 Å². The van der Waals surface area contributed by atoms with Gasteiger partial charge in [-0.3, -0.25) is 0 Å². The third-order valence-electron chi connectivity index (χ3n) is 2.97. The molecule has 2 aromatic heterocycles. The lowest BCUT2D eigenvalue weighted by Gasteiger charge is -2.08. The van der Waals surface area contributed by atoms with Crippen LogP contribution in [0.2, 0.25) is 5.02 Å². The summed E-state index contributed by atoms with van der Waals surface area (Å²) in [6.07, 6.45) is 5.09. The fourth-order valence-electron chi connectivity index (χ4n) is 2.00. The van der Waals surface area contributed by atoms with Gasteiger partial charge in [0.2, 0.25) is 0 Å². The van der Waals surface area contributed by atoms with Crippen LogP contribution >= 0.6 is 11.6 Å². The van der Waals surface area contributed by atoms with Crippen molar-refractivity contribution in [2.75, 3.05) is 6.61 Å². The summed E-state index contributed by atoms with van der Waals surface area (Å²) in [7, 11) is 0. The number of H-pyrrole nitrogens is 1. The molecule has 23 heavy (non-hydrogen) atoms. The number of carbonyl (C=O) groups is 1. The number of benzene rings is 1. The molecule has 2 heterocycles. The van der Waals surface area contributed by atoms with Gasteiger partial charge < -0.3 is 14.8 Å². The highest BCUT2D eigenvalue weighted by molar-refractivity contribution is 6.30. The number of hydrogen-bond acceptors (Lipinski definition) is 5. The number of nitrogens with zero attached hydrogens (tertiary/aromatic N) is 4. The molecule has 0 bridgehead atoms. The van der Waals surface area contributed by atoms with Crippen LogP contribution in [0, 0.1) is 0 Å². The second-order valence-corrected chi connectivity index (χ2v) is 5.10. The quantitative estimate of drug-likeness (QED) is 0.713. The lowest BCUT2D eigenvalue weighted by molar-refractivity contribution is -0.139. The summed E-state index contributed by atoms with van der Waals surface area (Å²) in [6.45, 7) is -0.0129. The first-order valence-electron chi connectivity index (χ1n) is 6.65. The molecule has 3 rings (SSSR count). The minimum Gasteiger partial charge on any atom is -0.481 e. The second-order valence-electron chi connectivity index (χ2n) is 4.66. The van der Waals surface area contributed by atoms with Crippen LogP contribution in [0.25, 0.3) is 11.3 Å². The maximum Gasteiger partial charge on any atom is 0.341 e. The number of aromatic amines is 1. The van der Waals surface area contributed by atoms with Crippen molar-refractivity contribution >= 4 is 17.6 Å². The molecule has 2 N–H and O–H groups in total. The summed E-state index contributed by atoms with van der Waals surface area (Å²) >= 11 is 6.01. The first kappa shape index (κ1) is 15.0. The van der Waals surface area contributed by atoms with Crippen LogP contribution in [-0.4, -0.2) is 42.6 Å². The van der Waals surface area contributed by atoms with Crippen LogP contribution in [0.5, 0.6) is 5.75 Å². The van der Waals surface area contributed by atoms with Gasteiger partial charge in [0.25, 0.3) is 0 Å². The minimum atomic E-state index is -1.06. The van der Waals surface area contributed by atoms with E-state index in [1.165, 1.54) is 0 Å². The molecule has 0 saturated carbocycles. The van der Waals surface area contributed by atoms with Crippen LogP contribution in [0.4, 0.5) is 0 Å². The maximum absolute atomic E-state index is 10.7. The number of halogens is 1. The Labute approximate surface area is 135 Å². The number of carboxylic acids is 1. The zero-order valence-electron chi connectivity index (χ0n) is 11.8. The highest BCUT2D eigenvalue weighted by Gasteiger charge is 2.13. The molecule has 118 valence electrons. The van der Waals surface area contributed by atoms with Gasteiger partial charge in [0.15, 0.2) is 6.61 Å². The van der Waals surface area contributed by atoms with Gasteiger partial charge in [0.1, 0.15) is 23.8 Å². The molecule has 0 saturated heterocycles. The van der Waals surface area contributed by atoms with Crippen LogP contribution in [0.1, 0.15) is 5.82 Å². The van der Waals surface area contributed by atoms with Gasteiger partial charge in [-0.25, -0.2) is 14.5 Å². The molecule has 0 unspecified atom stereocenters. The Bertz CT molecular complexity index is 816. The number of carboxylic acid groups (broad SMARTS) is 1. The smallest absolute Gasteiger partial charge is 0.341 e. The number of imidazole rings is 1. The van der Waals surface area contributed by atoms with Crippen molar-refractivity contribution in [3.8, 4) is 17.0 Å². The largest absolute Gasteiger partial charge is 0.481 e. The maximum atomic E-state index is 10.7. The van der Waals surface area contributed by atoms with E-state index in [0.717, 1.165) is 5.82 Å². The normalized spacial score (nSPS) is 10.7. The van der Waals surface area contributed by atoms with Crippen LogP contribution in [-0.2, 0) is 11.3 Å². The van der Waals surface area contributed by atoms with E-state index in [0.29, 0.717) is 28.6 Å². The summed E-state index contributed by atoms with van der Waals surface area (Å²) in [6, 6.07) is 4.88. The standard InChI is InChI=1S/C14H12ClN5O3/c15-9-1-2-12(23-8-14(21)22)10(5-9)11-6-20(19-18-11)7-13-16-3-4-17-13/h1-6H,7-8H2,(H,16,17)(H,21,22). The van der Waals surface area contributed by atoms with E-state index in [1.54, 1.807) is 41.5 Å². The van der Waals surface area contributed by atoms with Crippen LogP contribution in [0.3, 0.4) is 0 Å². The van der Waals surface area contributed by atoms with Crippen molar-refractivity contribution in [3.63, 3.8) is 0 Å². The number of aliphatic carboxylic acids is 1. The molecule has 9 heteroatoms. The molecular formula is C14H12ClN5O3. The van der Waals surface area contributed by atoms with Crippen molar-refractivity contribution in [3.05, 3.63) is 47.6 Å². The predicted octanol–water partition coefficient (Wildman–Crippen LogP) is 1.83. The summed E-state index contributed by atoms with van der Waals surface area (Å²) in [5, 5.41) is 17.3. The zero-order valence-corrected chi connectivity index (χ0v) is 12.6. The number of hydrogen-bond donors (Lipinski definition) is 2. The van der Waals surface area contributed by atoms with Crippen LogP contribution in [0.15, 0.2) is 36.8 Å². The molecule has 0 fully saturated rings. The summed E-state index contributed by atoms with van der Waals surface area (Å²) in [5.74, 6) is 0.0594. The Balaban J connectivity index is 1.87. The van der Waals surface area contributed by atoms with Crippen molar-refractivity contribution in [2.45, 2.75) is 6.54 Å². The average Bonchev–Trinajstić information content (AvgIpc) is 3.18. The third kappa shape index (κ3) is 3.67. The third-order valence-corrected chi connectivity index (χ3v) is 3.21. The zero-order chi connectivity index (χ0) is 16.2. The number of nitrogens with one attached hydrogen (secondary N) is 1. The summed E-state index contributed by atoms with van der Waals surface area (Å²) in [5.41, 5.74) is 1.10. The van der Waals surface area contributed by atoms with E-state index in [9.17, 15) is 4.79 Å². The number of ether oxygens (including phenoxy) is 1. The fourth-order valence-corrected chi connectivity index (χ4v) is 2.18. The van der Waals surface area contributed by atoms with Gasteiger partial charge in [0, 0.05) is 23.0 Å². The van der Waals surface area contributed by atoms with Crippen molar-refractivity contribution in [1.82, 2.24) is 25.0 Å². The molecule has 0 spiro atoms. The molecular weight excluding hydrogens is 322 g/mol. The Hall–Kier alpha value is -2.87. The minimum absolute atomic E-state index is 0.377.